The first-order chi connectivity index (χ1) is 14.1. The van der Waals surface area contributed by atoms with Gasteiger partial charge >= 0.3 is 6.09 Å². The fourth-order valence-electron chi connectivity index (χ4n) is 4.21. The van der Waals surface area contributed by atoms with Gasteiger partial charge in [0.15, 0.2) is 0 Å². The molecule has 2 aromatic rings. The van der Waals surface area contributed by atoms with Crippen LogP contribution in [0.4, 0.5) is 4.79 Å². The molecule has 7 nitrogen and oxygen atoms in total. The summed E-state index contributed by atoms with van der Waals surface area (Å²) in [7, 11) is 1.53. The van der Waals surface area contributed by atoms with Crippen molar-refractivity contribution >= 4 is 6.09 Å². The predicted molar refractivity (Wildman–Crippen MR) is 104 cm³/mol. The Morgan fingerprint density at radius 2 is 1.97 bits per heavy atom. The van der Waals surface area contributed by atoms with E-state index in [1.165, 1.54) is 7.11 Å². The lowest BCUT2D eigenvalue weighted by Gasteiger charge is -2.56. The molecular weight excluding hydrogens is 370 g/mol. The highest BCUT2D eigenvalue weighted by atomic mass is 16.5. The molecule has 2 aliphatic rings. The number of hydrogen-bond donors (Lipinski definition) is 1. The molecule has 2 fully saturated rings. The number of nitrogens with zero attached hydrogens (tertiary/aromatic N) is 2. The Bertz CT molecular complexity index is 911. The Labute approximate surface area is 169 Å². The maximum Gasteiger partial charge on any atom is 0.407 e. The van der Waals surface area contributed by atoms with Gasteiger partial charge in [-0.3, -0.25) is 0 Å². The molecule has 0 aliphatic heterocycles. The van der Waals surface area contributed by atoms with Gasteiger partial charge in [0.1, 0.15) is 24.3 Å². The van der Waals surface area contributed by atoms with E-state index in [1.807, 2.05) is 30.3 Å². The summed E-state index contributed by atoms with van der Waals surface area (Å²) >= 11 is 0. The minimum Gasteiger partial charge on any atom is -0.481 e. The van der Waals surface area contributed by atoms with Gasteiger partial charge in [0.25, 0.3) is 0 Å². The number of methoxy groups -OCH3 is 1. The highest BCUT2D eigenvalue weighted by molar-refractivity contribution is 5.67. The summed E-state index contributed by atoms with van der Waals surface area (Å²) in [5.41, 5.74) is 1.59. The summed E-state index contributed by atoms with van der Waals surface area (Å²) in [6, 6.07) is 15.2. The molecule has 2 saturated carbocycles. The average Bonchev–Trinajstić information content (AvgIpc) is 2.69. The number of carbonyl (C=O) groups excluding carboxylic acids is 1. The number of nitriles is 1. The molecule has 1 aromatic heterocycles. The van der Waals surface area contributed by atoms with E-state index in [2.05, 4.69) is 16.4 Å². The fourth-order valence-corrected chi connectivity index (χ4v) is 4.21. The monoisotopic (exact) mass is 393 g/mol. The van der Waals surface area contributed by atoms with E-state index in [0.29, 0.717) is 17.3 Å². The van der Waals surface area contributed by atoms with Crippen LogP contribution in [0.1, 0.15) is 36.8 Å². The van der Waals surface area contributed by atoms with E-state index in [0.717, 1.165) is 31.2 Å². The molecule has 2 aliphatic carbocycles. The summed E-state index contributed by atoms with van der Waals surface area (Å²) in [6.07, 6.45) is 3.29. The second kappa shape index (κ2) is 8.00. The molecule has 29 heavy (non-hydrogen) atoms. The minimum absolute atomic E-state index is 0.0349. The number of pyridine rings is 1. The molecule has 1 spiro atoms. The highest BCUT2D eigenvalue weighted by Gasteiger charge is 2.54. The molecule has 0 radical (unpaired) electrons. The van der Waals surface area contributed by atoms with E-state index in [9.17, 15) is 10.1 Å². The summed E-state index contributed by atoms with van der Waals surface area (Å²) < 4.78 is 16.3. The molecule has 1 N–H and O–H groups in total. The van der Waals surface area contributed by atoms with Crippen LogP contribution in [0.15, 0.2) is 42.5 Å². The molecule has 0 atom stereocenters. The number of nitrogens with one attached hydrogen (secondary N) is 1. The molecule has 4 rings (SSSR count). The second-order valence-corrected chi connectivity index (χ2v) is 7.78. The van der Waals surface area contributed by atoms with Crippen molar-refractivity contribution in [1.82, 2.24) is 10.3 Å². The van der Waals surface area contributed by atoms with Gasteiger partial charge in [-0.25, -0.2) is 4.79 Å². The Hall–Kier alpha value is -3.27. The smallest absolute Gasteiger partial charge is 0.407 e. The van der Waals surface area contributed by atoms with Crippen molar-refractivity contribution in [1.29, 1.82) is 5.26 Å². The third-order valence-corrected chi connectivity index (χ3v) is 5.66. The lowest BCUT2D eigenvalue weighted by Crippen LogP contribution is -2.58. The third kappa shape index (κ3) is 4.27. The second-order valence-electron chi connectivity index (χ2n) is 7.78. The molecule has 150 valence electrons. The number of alkyl carbamates (subject to hydrolysis) is 1. The minimum atomic E-state index is -0.375. The molecular formula is C22H23N3O4. The zero-order valence-electron chi connectivity index (χ0n) is 16.3. The lowest BCUT2D eigenvalue weighted by atomic mass is 9.53. The van der Waals surface area contributed by atoms with Crippen molar-refractivity contribution in [3.63, 3.8) is 0 Å². The van der Waals surface area contributed by atoms with Crippen molar-refractivity contribution in [2.45, 2.75) is 44.4 Å². The number of carbonyl (C=O) groups is 1. The zero-order chi connectivity index (χ0) is 20.3. The highest BCUT2D eigenvalue weighted by Crippen LogP contribution is 2.56. The molecule has 1 amide bonds. The summed E-state index contributed by atoms with van der Waals surface area (Å²) in [5.74, 6) is 0.750. The van der Waals surface area contributed by atoms with Gasteiger partial charge < -0.3 is 19.5 Å². The van der Waals surface area contributed by atoms with Crippen LogP contribution < -0.4 is 14.8 Å². The summed E-state index contributed by atoms with van der Waals surface area (Å²) in [4.78, 5) is 16.2. The van der Waals surface area contributed by atoms with Crippen LogP contribution in [0.2, 0.25) is 0 Å². The number of ether oxygens (including phenoxy) is 3. The lowest BCUT2D eigenvalue weighted by molar-refractivity contribution is -0.0858. The van der Waals surface area contributed by atoms with E-state index < -0.39 is 0 Å². The maximum absolute atomic E-state index is 12.0. The van der Waals surface area contributed by atoms with Crippen LogP contribution in [0.5, 0.6) is 11.8 Å². The van der Waals surface area contributed by atoms with Gasteiger partial charge in [-0.2, -0.15) is 10.2 Å². The first-order valence-electron chi connectivity index (χ1n) is 9.68. The Morgan fingerprint density at radius 1 is 1.21 bits per heavy atom. The zero-order valence-corrected chi connectivity index (χ0v) is 16.3. The fraction of sp³-hybridized carbons (Fsp3) is 0.409. The normalized spacial score (nSPS) is 24.6. The Morgan fingerprint density at radius 3 is 2.66 bits per heavy atom. The van der Waals surface area contributed by atoms with Gasteiger partial charge in [0.2, 0.25) is 11.8 Å². The summed E-state index contributed by atoms with van der Waals surface area (Å²) in [5, 5.41) is 12.2. The van der Waals surface area contributed by atoms with Crippen LogP contribution in [0.25, 0.3) is 0 Å². The third-order valence-electron chi connectivity index (χ3n) is 5.66. The largest absolute Gasteiger partial charge is 0.481 e. The maximum atomic E-state index is 12.0. The predicted octanol–water partition coefficient (Wildman–Crippen LogP) is 3.58. The topological polar surface area (TPSA) is 93.5 Å². The van der Waals surface area contributed by atoms with Crippen LogP contribution in [-0.4, -0.2) is 30.3 Å². The molecule has 0 unspecified atom stereocenters. The van der Waals surface area contributed by atoms with E-state index in [1.54, 1.807) is 12.1 Å². The molecule has 1 heterocycles. The Balaban J connectivity index is 1.20. The van der Waals surface area contributed by atoms with Crippen LogP contribution in [-0.2, 0) is 11.3 Å². The van der Waals surface area contributed by atoms with Crippen molar-refractivity contribution in [2.75, 3.05) is 7.11 Å². The Kier molecular flexibility index (Phi) is 5.26. The quantitative estimate of drug-likeness (QED) is 0.806. The van der Waals surface area contributed by atoms with E-state index in [-0.39, 0.29) is 30.3 Å². The van der Waals surface area contributed by atoms with Crippen LogP contribution in [0.3, 0.4) is 0 Å². The molecule has 0 saturated heterocycles. The SMILES string of the molecule is COc1ccc(C#N)c(OC2CC3(CC(NC(=O)OCc4ccccc4)C3)C2)n1. The van der Waals surface area contributed by atoms with Gasteiger partial charge in [0.05, 0.1) is 7.11 Å². The number of amides is 1. The van der Waals surface area contributed by atoms with Crippen molar-refractivity contribution < 1.29 is 19.0 Å². The number of hydrogen-bond acceptors (Lipinski definition) is 6. The van der Waals surface area contributed by atoms with Gasteiger partial charge in [-0.05, 0) is 42.7 Å². The summed E-state index contributed by atoms with van der Waals surface area (Å²) in [6.45, 7) is 0.273. The first-order valence-corrected chi connectivity index (χ1v) is 9.68. The van der Waals surface area contributed by atoms with Gasteiger partial charge in [-0.15, -0.1) is 0 Å². The first kappa shape index (κ1) is 19.1. The van der Waals surface area contributed by atoms with E-state index >= 15 is 0 Å². The number of benzene rings is 1. The van der Waals surface area contributed by atoms with Crippen molar-refractivity contribution in [3.05, 3.63) is 53.6 Å². The standard InChI is InChI=1S/C22H23N3O4/c1-27-19-8-7-16(13-23)20(25-19)29-18-11-22(12-18)9-17(10-22)24-21(26)28-14-15-5-3-2-4-6-15/h2-8,17-18H,9-12,14H2,1H3,(H,24,26). The number of aromatic nitrogens is 1. The number of rotatable bonds is 6. The molecule has 1 aromatic carbocycles. The average molecular weight is 393 g/mol. The van der Waals surface area contributed by atoms with Gasteiger partial charge in [-0.1, -0.05) is 30.3 Å². The van der Waals surface area contributed by atoms with Crippen molar-refractivity contribution in [2.24, 2.45) is 5.41 Å². The van der Waals surface area contributed by atoms with Crippen molar-refractivity contribution in [3.8, 4) is 17.8 Å². The molecule has 0 bridgehead atoms. The molecule has 7 heteroatoms. The van der Waals surface area contributed by atoms with Crippen LogP contribution in [0, 0.1) is 16.7 Å². The van der Waals surface area contributed by atoms with E-state index in [4.69, 9.17) is 14.2 Å². The van der Waals surface area contributed by atoms with Gasteiger partial charge in [0, 0.05) is 12.1 Å². The van der Waals surface area contributed by atoms with Crippen LogP contribution >= 0.6 is 0 Å².